The van der Waals surface area contributed by atoms with Crippen LogP contribution in [0.15, 0.2) is 30.3 Å². The highest BCUT2D eigenvalue weighted by molar-refractivity contribution is 5.85. The number of benzene rings is 1. The number of hydrogen-bond acceptors (Lipinski definition) is 3. The summed E-state index contributed by atoms with van der Waals surface area (Å²) >= 11 is 0. The minimum Gasteiger partial charge on any atom is -0.383 e. The molecule has 0 amide bonds. The number of β-amino-alcohol motifs (C(OH)–C–C–N with tert-alkyl or cyclic N) is 1. The topological polar surface area (TPSA) is 26.7 Å². The minimum atomic E-state index is -0.815. The quantitative estimate of drug-likeness (QED) is 0.909. The molecule has 0 bridgehead atoms. The first-order chi connectivity index (χ1) is 9.33. The largest absolute Gasteiger partial charge is 0.383 e. The van der Waals surface area contributed by atoms with Gasteiger partial charge in [0.15, 0.2) is 0 Å². The van der Waals surface area contributed by atoms with Crippen LogP contribution in [0.3, 0.4) is 0 Å². The van der Waals surface area contributed by atoms with Gasteiger partial charge in [0.25, 0.3) is 0 Å². The molecule has 1 saturated heterocycles. The van der Waals surface area contributed by atoms with Crippen LogP contribution in [0.1, 0.15) is 26.3 Å². The first-order valence-corrected chi connectivity index (χ1v) is 7.52. The van der Waals surface area contributed by atoms with Crippen LogP contribution in [0.5, 0.6) is 0 Å². The van der Waals surface area contributed by atoms with E-state index in [0.29, 0.717) is 6.54 Å². The van der Waals surface area contributed by atoms with Crippen LogP contribution >= 0.6 is 24.8 Å². The second kappa shape index (κ2) is 8.51. The van der Waals surface area contributed by atoms with Gasteiger partial charge in [-0.2, -0.15) is 0 Å². The number of halogens is 2. The highest BCUT2D eigenvalue weighted by Gasteiger charge is 2.43. The maximum absolute atomic E-state index is 11.4. The lowest BCUT2D eigenvalue weighted by molar-refractivity contribution is -0.0915. The standard InChI is InChI=1S/C17H28N2O.2ClH/c1-16(2,3)17(20,15-8-6-5-7-9-15)14-19-12-10-18(4)11-13-19;;/h5-9,20H,10-14H2,1-4H3;2*1H. The lowest BCUT2D eigenvalue weighted by atomic mass is 9.71. The van der Waals surface area contributed by atoms with Gasteiger partial charge in [-0.25, -0.2) is 0 Å². The summed E-state index contributed by atoms with van der Waals surface area (Å²) in [5.41, 5.74) is 0.00781. The molecule has 1 aliphatic rings. The third kappa shape index (κ3) is 4.84. The molecule has 1 heterocycles. The number of piperazine rings is 1. The Morgan fingerprint density at radius 2 is 1.45 bits per heavy atom. The van der Waals surface area contributed by atoms with E-state index in [1.807, 2.05) is 30.3 Å². The zero-order valence-corrected chi connectivity index (χ0v) is 15.7. The van der Waals surface area contributed by atoms with Crippen molar-refractivity contribution in [2.24, 2.45) is 5.41 Å². The fourth-order valence-electron chi connectivity index (χ4n) is 2.80. The van der Waals surface area contributed by atoms with E-state index >= 15 is 0 Å². The lowest BCUT2D eigenvalue weighted by Gasteiger charge is -2.45. The molecular formula is C17H30Cl2N2O. The SMILES string of the molecule is CN1CCN(CC(O)(c2ccccc2)C(C)(C)C)CC1.Cl.Cl. The summed E-state index contributed by atoms with van der Waals surface area (Å²) in [6.07, 6.45) is 0. The van der Waals surface area contributed by atoms with Crippen molar-refractivity contribution < 1.29 is 5.11 Å². The Morgan fingerprint density at radius 3 is 1.91 bits per heavy atom. The van der Waals surface area contributed by atoms with Crippen molar-refractivity contribution in [2.45, 2.75) is 26.4 Å². The molecule has 1 aromatic rings. The summed E-state index contributed by atoms with van der Waals surface area (Å²) in [5, 5.41) is 11.4. The molecule has 0 aliphatic carbocycles. The molecule has 22 heavy (non-hydrogen) atoms. The van der Waals surface area contributed by atoms with E-state index in [0.717, 1.165) is 31.7 Å². The Kier molecular flexibility index (Phi) is 8.39. The smallest absolute Gasteiger partial charge is 0.107 e. The fraction of sp³-hybridized carbons (Fsp3) is 0.647. The van der Waals surface area contributed by atoms with E-state index in [1.54, 1.807) is 0 Å². The second-order valence-electron chi connectivity index (χ2n) is 7.06. The molecule has 0 aromatic heterocycles. The van der Waals surface area contributed by atoms with E-state index in [1.165, 1.54) is 0 Å². The van der Waals surface area contributed by atoms with E-state index in [2.05, 4.69) is 37.6 Å². The molecule has 1 aromatic carbocycles. The number of likely N-dealkylation sites (N-methyl/N-ethyl adjacent to an activating group) is 1. The minimum absolute atomic E-state index is 0. The maximum atomic E-state index is 11.4. The molecule has 1 fully saturated rings. The Balaban J connectivity index is 0.00000220. The summed E-state index contributed by atoms with van der Waals surface area (Å²) in [6.45, 7) is 11.3. The highest BCUT2D eigenvalue weighted by atomic mass is 35.5. The van der Waals surface area contributed by atoms with Gasteiger partial charge in [0.1, 0.15) is 5.60 Å². The molecule has 5 heteroatoms. The molecule has 1 N–H and O–H groups in total. The van der Waals surface area contributed by atoms with Crippen molar-refractivity contribution in [1.29, 1.82) is 0 Å². The Morgan fingerprint density at radius 1 is 0.955 bits per heavy atom. The van der Waals surface area contributed by atoms with Crippen molar-refractivity contribution in [2.75, 3.05) is 39.8 Å². The van der Waals surface area contributed by atoms with Gasteiger partial charge in [-0.3, -0.25) is 4.90 Å². The summed E-state index contributed by atoms with van der Waals surface area (Å²) < 4.78 is 0. The third-order valence-electron chi connectivity index (χ3n) is 4.54. The summed E-state index contributed by atoms with van der Waals surface area (Å²) in [6, 6.07) is 10.1. The van der Waals surface area contributed by atoms with Gasteiger partial charge < -0.3 is 10.0 Å². The van der Waals surface area contributed by atoms with Gasteiger partial charge in [0, 0.05) is 32.7 Å². The average molecular weight is 349 g/mol. The summed E-state index contributed by atoms with van der Waals surface area (Å²) in [4.78, 5) is 4.73. The molecule has 128 valence electrons. The molecule has 3 nitrogen and oxygen atoms in total. The fourth-order valence-corrected chi connectivity index (χ4v) is 2.80. The highest BCUT2D eigenvalue weighted by Crippen LogP contribution is 2.40. The van der Waals surface area contributed by atoms with Gasteiger partial charge >= 0.3 is 0 Å². The molecule has 0 spiro atoms. The number of nitrogens with zero attached hydrogens (tertiary/aromatic N) is 2. The van der Waals surface area contributed by atoms with Gasteiger partial charge in [-0.15, -0.1) is 24.8 Å². The maximum Gasteiger partial charge on any atom is 0.107 e. The van der Waals surface area contributed by atoms with Crippen LogP contribution in [0.2, 0.25) is 0 Å². The average Bonchev–Trinajstić information content (AvgIpc) is 2.41. The van der Waals surface area contributed by atoms with Gasteiger partial charge in [-0.05, 0) is 18.0 Å². The lowest BCUT2D eigenvalue weighted by Crippen LogP contribution is -2.54. The first kappa shape index (κ1) is 21.7. The van der Waals surface area contributed by atoms with E-state index < -0.39 is 5.60 Å². The van der Waals surface area contributed by atoms with Crippen LogP contribution in [0.4, 0.5) is 0 Å². The van der Waals surface area contributed by atoms with Crippen LogP contribution in [-0.2, 0) is 5.60 Å². The van der Waals surface area contributed by atoms with E-state index in [-0.39, 0.29) is 30.2 Å². The monoisotopic (exact) mass is 348 g/mol. The molecular weight excluding hydrogens is 319 g/mol. The zero-order chi connectivity index (χ0) is 14.8. The van der Waals surface area contributed by atoms with Crippen molar-refractivity contribution >= 4 is 24.8 Å². The Bertz CT molecular complexity index is 428. The number of hydrogen-bond donors (Lipinski definition) is 1. The molecule has 1 unspecified atom stereocenters. The normalized spacial score (nSPS) is 19.7. The predicted molar refractivity (Wildman–Crippen MR) is 98.2 cm³/mol. The van der Waals surface area contributed by atoms with Crippen molar-refractivity contribution in [3.63, 3.8) is 0 Å². The van der Waals surface area contributed by atoms with Crippen LogP contribution in [-0.4, -0.2) is 54.7 Å². The number of aliphatic hydroxyl groups is 1. The van der Waals surface area contributed by atoms with Crippen LogP contribution in [0, 0.1) is 5.41 Å². The molecule has 0 radical (unpaired) electrons. The molecule has 1 atom stereocenters. The van der Waals surface area contributed by atoms with E-state index in [4.69, 9.17) is 0 Å². The van der Waals surface area contributed by atoms with E-state index in [9.17, 15) is 5.11 Å². The van der Waals surface area contributed by atoms with Crippen molar-refractivity contribution in [3.05, 3.63) is 35.9 Å². The van der Waals surface area contributed by atoms with Gasteiger partial charge in [0.2, 0.25) is 0 Å². The zero-order valence-electron chi connectivity index (χ0n) is 14.1. The summed E-state index contributed by atoms with van der Waals surface area (Å²) in [5.74, 6) is 0. The van der Waals surface area contributed by atoms with Crippen LogP contribution in [0.25, 0.3) is 0 Å². The Labute approximate surface area is 147 Å². The molecule has 0 saturated carbocycles. The van der Waals surface area contributed by atoms with Gasteiger partial charge in [-0.1, -0.05) is 51.1 Å². The molecule has 1 aliphatic heterocycles. The van der Waals surface area contributed by atoms with Crippen LogP contribution < -0.4 is 0 Å². The predicted octanol–water partition coefficient (Wildman–Crippen LogP) is 3.01. The van der Waals surface area contributed by atoms with Gasteiger partial charge in [0.05, 0.1) is 0 Å². The number of rotatable bonds is 3. The van der Waals surface area contributed by atoms with Crippen molar-refractivity contribution in [1.82, 2.24) is 9.80 Å². The third-order valence-corrected chi connectivity index (χ3v) is 4.54. The van der Waals surface area contributed by atoms with Crippen molar-refractivity contribution in [3.8, 4) is 0 Å². The second-order valence-corrected chi connectivity index (χ2v) is 7.06. The Hall–Kier alpha value is -0.320. The molecule has 2 rings (SSSR count). The summed E-state index contributed by atoms with van der Waals surface area (Å²) in [7, 11) is 2.16. The first-order valence-electron chi connectivity index (χ1n) is 7.52.